The van der Waals surface area contributed by atoms with Crippen LogP contribution in [0, 0.1) is 0 Å². The molecule has 0 atom stereocenters. The summed E-state index contributed by atoms with van der Waals surface area (Å²) in [7, 11) is -3.84. The molecular formula is C20H17ClN2O6S. The van der Waals surface area contributed by atoms with Gasteiger partial charge in [-0.25, -0.2) is 8.42 Å². The lowest BCUT2D eigenvalue weighted by atomic mass is 10.3. The molecule has 0 saturated heterocycles. The Morgan fingerprint density at radius 1 is 0.900 bits per heavy atom. The molecule has 0 saturated carbocycles. The second-order valence-corrected chi connectivity index (χ2v) is 8.45. The average Bonchev–Trinajstić information content (AvgIpc) is 3.02. The maximum atomic E-state index is 12.7. The number of anilines is 2. The van der Waals surface area contributed by atoms with Gasteiger partial charge in [-0.3, -0.25) is 9.52 Å². The standard InChI is InChI=1S/C20H17ClN2O6S/c21-19-9-8-17(29-19)20(24)22-13-2-4-14(5-3-13)23-30(25,26)15-6-7-16-18(12-15)28-11-1-10-27-16/h2-9,12,23H,1,10-11H2,(H,22,24). The molecule has 2 heterocycles. The number of hydrogen-bond donors (Lipinski definition) is 2. The van der Waals surface area contributed by atoms with E-state index in [0.29, 0.717) is 36.1 Å². The molecule has 0 spiro atoms. The first-order valence-electron chi connectivity index (χ1n) is 9.00. The minimum absolute atomic E-state index is 0.0545. The van der Waals surface area contributed by atoms with Crippen molar-refractivity contribution in [1.29, 1.82) is 0 Å². The minimum Gasteiger partial charge on any atom is -0.490 e. The van der Waals surface area contributed by atoms with Crippen LogP contribution in [0.2, 0.25) is 5.22 Å². The number of ether oxygens (including phenoxy) is 2. The van der Waals surface area contributed by atoms with E-state index in [1.54, 1.807) is 18.2 Å². The number of hydrogen-bond acceptors (Lipinski definition) is 6. The Balaban J connectivity index is 1.46. The topological polar surface area (TPSA) is 107 Å². The predicted octanol–water partition coefficient (Wildman–Crippen LogP) is 4.15. The molecule has 1 aliphatic rings. The molecule has 2 aromatic carbocycles. The van der Waals surface area contributed by atoms with Crippen LogP contribution in [-0.2, 0) is 10.0 Å². The summed E-state index contributed by atoms with van der Waals surface area (Å²) < 4.78 is 44.1. The second-order valence-electron chi connectivity index (χ2n) is 6.40. The van der Waals surface area contributed by atoms with Crippen LogP contribution in [0.15, 0.2) is 63.9 Å². The molecule has 3 aromatic rings. The van der Waals surface area contributed by atoms with Gasteiger partial charge in [0.15, 0.2) is 22.5 Å². The number of sulfonamides is 1. The number of carbonyl (C=O) groups is 1. The normalized spacial score (nSPS) is 13.4. The van der Waals surface area contributed by atoms with Crippen molar-refractivity contribution in [3.8, 4) is 11.5 Å². The molecule has 1 amide bonds. The van der Waals surface area contributed by atoms with Crippen LogP contribution in [0.4, 0.5) is 11.4 Å². The molecule has 0 fully saturated rings. The van der Waals surface area contributed by atoms with E-state index < -0.39 is 15.9 Å². The minimum atomic E-state index is -3.84. The van der Waals surface area contributed by atoms with Gasteiger partial charge in [0.2, 0.25) is 0 Å². The maximum absolute atomic E-state index is 12.7. The van der Waals surface area contributed by atoms with E-state index in [1.165, 1.54) is 36.4 Å². The van der Waals surface area contributed by atoms with Crippen LogP contribution in [-0.4, -0.2) is 27.5 Å². The molecule has 30 heavy (non-hydrogen) atoms. The van der Waals surface area contributed by atoms with Crippen LogP contribution in [0.25, 0.3) is 0 Å². The van der Waals surface area contributed by atoms with Crippen molar-refractivity contribution < 1.29 is 27.1 Å². The van der Waals surface area contributed by atoms with Gasteiger partial charge in [0.05, 0.1) is 18.1 Å². The highest BCUT2D eigenvalue weighted by atomic mass is 35.5. The Morgan fingerprint density at radius 3 is 2.30 bits per heavy atom. The largest absolute Gasteiger partial charge is 0.490 e. The van der Waals surface area contributed by atoms with E-state index in [9.17, 15) is 13.2 Å². The fraction of sp³-hybridized carbons (Fsp3) is 0.150. The van der Waals surface area contributed by atoms with Crippen LogP contribution in [0.1, 0.15) is 17.0 Å². The van der Waals surface area contributed by atoms with E-state index in [2.05, 4.69) is 10.0 Å². The van der Waals surface area contributed by atoms with Gasteiger partial charge in [0, 0.05) is 23.9 Å². The fourth-order valence-electron chi connectivity index (χ4n) is 2.78. The van der Waals surface area contributed by atoms with Gasteiger partial charge in [0.1, 0.15) is 0 Å². The average molecular weight is 449 g/mol. The quantitative estimate of drug-likeness (QED) is 0.607. The highest BCUT2D eigenvalue weighted by molar-refractivity contribution is 7.92. The smallest absolute Gasteiger partial charge is 0.291 e. The number of amides is 1. The number of furan rings is 1. The molecule has 156 valence electrons. The molecule has 8 nitrogen and oxygen atoms in total. The first-order valence-corrected chi connectivity index (χ1v) is 10.9. The van der Waals surface area contributed by atoms with Gasteiger partial charge in [0.25, 0.3) is 15.9 Å². The Bertz CT molecular complexity index is 1170. The molecule has 4 rings (SSSR count). The number of nitrogens with one attached hydrogen (secondary N) is 2. The molecule has 10 heteroatoms. The highest BCUT2D eigenvalue weighted by Crippen LogP contribution is 2.32. The van der Waals surface area contributed by atoms with Gasteiger partial charge in [-0.1, -0.05) is 0 Å². The monoisotopic (exact) mass is 448 g/mol. The number of carbonyl (C=O) groups excluding carboxylic acids is 1. The lowest BCUT2D eigenvalue weighted by Crippen LogP contribution is -2.14. The number of rotatable bonds is 5. The van der Waals surface area contributed by atoms with Crippen molar-refractivity contribution in [2.24, 2.45) is 0 Å². The summed E-state index contributed by atoms with van der Waals surface area (Å²) in [6, 6.07) is 13.6. The van der Waals surface area contributed by atoms with Gasteiger partial charge in [-0.05, 0) is 60.1 Å². The van der Waals surface area contributed by atoms with E-state index >= 15 is 0 Å². The second kappa shape index (κ2) is 8.29. The van der Waals surface area contributed by atoms with Crippen LogP contribution in [0.5, 0.6) is 11.5 Å². The van der Waals surface area contributed by atoms with Crippen LogP contribution < -0.4 is 19.5 Å². The summed E-state index contributed by atoms with van der Waals surface area (Å²) in [5.41, 5.74) is 0.798. The zero-order valence-corrected chi connectivity index (χ0v) is 17.1. The Morgan fingerprint density at radius 2 is 1.60 bits per heavy atom. The molecule has 0 radical (unpaired) electrons. The molecule has 0 aliphatic carbocycles. The molecule has 1 aliphatic heterocycles. The number of benzene rings is 2. The van der Waals surface area contributed by atoms with E-state index in [1.807, 2.05) is 0 Å². The van der Waals surface area contributed by atoms with Crippen molar-refractivity contribution in [1.82, 2.24) is 0 Å². The third-order valence-electron chi connectivity index (χ3n) is 4.22. The Hall–Kier alpha value is -3.17. The lowest BCUT2D eigenvalue weighted by molar-refractivity contribution is 0.0996. The van der Waals surface area contributed by atoms with Gasteiger partial charge in [-0.15, -0.1) is 0 Å². The van der Waals surface area contributed by atoms with Crippen molar-refractivity contribution in [2.45, 2.75) is 11.3 Å². The van der Waals surface area contributed by atoms with Crippen molar-refractivity contribution in [3.63, 3.8) is 0 Å². The van der Waals surface area contributed by atoms with E-state index in [-0.39, 0.29) is 15.9 Å². The molecule has 0 unspecified atom stereocenters. The van der Waals surface area contributed by atoms with Crippen molar-refractivity contribution >= 4 is 38.9 Å². The predicted molar refractivity (Wildman–Crippen MR) is 111 cm³/mol. The Kier molecular flexibility index (Phi) is 5.56. The van der Waals surface area contributed by atoms with Gasteiger partial charge in [-0.2, -0.15) is 0 Å². The zero-order valence-electron chi connectivity index (χ0n) is 15.6. The zero-order chi connectivity index (χ0) is 21.1. The van der Waals surface area contributed by atoms with Gasteiger partial charge < -0.3 is 19.2 Å². The SMILES string of the molecule is O=C(Nc1ccc(NS(=O)(=O)c2ccc3c(c2)OCCCO3)cc1)c1ccc(Cl)o1. The number of fused-ring (bicyclic) bond motifs is 1. The summed E-state index contributed by atoms with van der Waals surface area (Å²) in [5.74, 6) is 0.512. The first kappa shape index (κ1) is 20.1. The third kappa shape index (κ3) is 4.52. The summed E-state index contributed by atoms with van der Waals surface area (Å²) in [4.78, 5) is 12.1. The van der Waals surface area contributed by atoms with Crippen LogP contribution in [0.3, 0.4) is 0 Å². The van der Waals surface area contributed by atoms with Crippen molar-refractivity contribution in [3.05, 3.63) is 65.6 Å². The summed E-state index contributed by atoms with van der Waals surface area (Å²) in [5, 5.41) is 2.75. The highest BCUT2D eigenvalue weighted by Gasteiger charge is 2.19. The third-order valence-corrected chi connectivity index (χ3v) is 5.80. The van der Waals surface area contributed by atoms with Gasteiger partial charge >= 0.3 is 0 Å². The van der Waals surface area contributed by atoms with Crippen molar-refractivity contribution in [2.75, 3.05) is 23.3 Å². The number of halogens is 1. The Labute approximate surface area is 177 Å². The van der Waals surface area contributed by atoms with Crippen LogP contribution >= 0.6 is 11.6 Å². The van der Waals surface area contributed by atoms with E-state index in [4.69, 9.17) is 25.5 Å². The fourth-order valence-corrected chi connectivity index (χ4v) is 4.00. The summed E-state index contributed by atoms with van der Waals surface area (Å²) in [6.45, 7) is 0.981. The molecule has 0 bridgehead atoms. The maximum Gasteiger partial charge on any atom is 0.291 e. The first-order chi connectivity index (χ1) is 14.4. The molecule has 2 N–H and O–H groups in total. The summed E-state index contributed by atoms with van der Waals surface area (Å²) in [6.07, 6.45) is 0.727. The van der Waals surface area contributed by atoms with E-state index in [0.717, 1.165) is 6.42 Å². The molecular weight excluding hydrogens is 432 g/mol. The lowest BCUT2D eigenvalue weighted by Gasteiger charge is -2.12. The molecule has 1 aromatic heterocycles. The summed E-state index contributed by atoms with van der Waals surface area (Å²) >= 11 is 5.66.